The minimum Gasteiger partial charge on any atom is -0.294 e. The summed E-state index contributed by atoms with van der Waals surface area (Å²) < 4.78 is 0. The molecule has 1 unspecified atom stereocenters. The average molecular weight is 200 g/mol. The van der Waals surface area contributed by atoms with Crippen LogP contribution in [0.25, 0.3) is 0 Å². The molecule has 1 nitrogen and oxygen atoms in total. The maximum atomic E-state index is 11.8. The molecule has 0 fully saturated rings. The van der Waals surface area contributed by atoms with E-state index in [4.69, 9.17) is 0 Å². The van der Waals surface area contributed by atoms with Crippen LogP contribution in [0, 0.1) is 5.41 Å². The van der Waals surface area contributed by atoms with E-state index in [9.17, 15) is 4.79 Å². The molecule has 0 spiro atoms. The number of hydrogen-bond donors (Lipinski definition) is 0. The number of carbonyl (C=O) groups is 1. The van der Waals surface area contributed by atoms with Crippen molar-refractivity contribution < 1.29 is 4.79 Å². The van der Waals surface area contributed by atoms with E-state index in [1.54, 1.807) is 6.08 Å². The lowest BCUT2D eigenvalue weighted by Crippen LogP contribution is -2.30. The summed E-state index contributed by atoms with van der Waals surface area (Å²) in [5, 5.41) is 0. The SMILES string of the molecule is CC1(Cc2ccccc2)CCC=CC1=O. The number of benzene rings is 1. The van der Waals surface area contributed by atoms with Gasteiger partial charge in [-0.05, 0) is 30.9 Å². The van der Waals surface area contributed by atoms with Gasteiger partial charge < -0.3 is 0 Å². The van der Waals surface area contributed by atoms with Crippen molar-refractivity contribution >= 4 is 5.78 Å². The van der Waals surface area contributed by atoms with E-state index < -0.39 is 0 Å². The molecule has 1 aliphatic rings. The monoisotopic (exact) mass is 200 g/mol. The normalized spacial score (nSPS) is 25.5. The molecule has 0 bridgehead atoms. The highest BCUT2D eigenvalue weighted by Crippen LogP contribution is 2.32. The second kappa shape index (κ2) is 4.01. The predicted molar refractivity (Wildman–Crippen MR) is 61.6 cm³/mol. The van der Waals surface area contributed by atoms with Crippen molar-refractivity contribution in [3.8, 4) is 0 Å². The van der Waals surface area contributed by atoms with Gasteiger partial charge in [0.2, 0.25) is 0 Å². The van der Waals surface area contributed by atoms with Gasteiger partial charge in [0.1, 0.15) is 0 Å². The fraction of sp³-hybridized carbons (Fsp3) is 0.357. The third kappa shape index (κ3) is 2.17. The zero-order valence-electron chi connectivity index (χ0n) is 9.07. The number of carbonyl (C=O) groups excluding carboxylic acids is 1. The smallest absolute Gasteiger partial charge is 0.161 e. The number of rotatable bonds is 2. The molecule has 1 heteroatoms. The highest BCUT2D eigenvalue weighted by Gasteiger charge is 2.32. The van der Waals surface area contributed by atoms with Crippen molar-refractivity contribution in [2.75, 3.05) is 0 Å². The number of ketones is 1. The molecule has 0 saturated heterocycles. The summed E-state index contributed by atoms with van der Waals surface area (Å²) >= 11 is 0. The Kier molecular flexibility index (Phi) is 2.72. The topological polar surface area (TPSA) is 17.1 Å². The summed E-state index contributed by atoms with van der Waals surface area (Å²) in [5.74, 6) is 0.276. The van der Waals surface area contributed by atoms with Crippen molar-refractivity contribution in [3.05, 3.63) is 48.0 Å². The van der Waals surface area contributed by atoms with Crippen LogP contribution in [0.3, 0.4) is 0 Å². The van der Waals surface area contributed by atoms with Gasteiger partial charge in [0, 0.05) is 5.41 Å². The first-order valence-electron chi connectivity index (χ1n) is 5.46. The Morgan fingerprint density at radius 2 is 2.00 bits per heavy atom. The van der Waals surface area contributed by atoms with Crippen molar-refractivity contribution in [1.82, 2.24) is 0 Å². The summed E-state index contributed by atoms with van der Waals surface area (Å²) in [6.07, 6.45) is 6.57. The molecule has 2 rings (SSSR count). The molecule has 0 N–H and O–H groups in total. The molecule has 0 amide bonds. The lowest BCUT2D eigenvalue weighted by atomic mass is 9.73. The third-order valence-corrected chi connectivity index (χ3v) is 3.16. The zero-order valence-corrected chi connectivity index (χ0v) is 9.07. The van der Waals surface area contributed by atoms with E-state index in [0.29, 0.717) is 0 Å². The largest absolute Gasteiger partial charge is 0.294 e. The number of allylic oxidation sites excluding steroid dienone is 2. The minimum absolute atomic E-state index is 0.184. The lowest BCUT2D eigenvalue weighted by molar-refractivity contribution is -0.123. The molecule has 0 heterocycles. The zero-order chi connectivity index (χ0) is 10.7. The molecule has 78 valence electrons. The molecule has 0 aliphatic heterocycles. The predicted octanol–water partition coefficient (Wildman–Crippen LogP) is 3.15. The van der Waals surface area contributed by atoms with Gasteiger partial charge in [-0.2, -0.15) is 0 Å². The van der Waals surface area contributed by atoms with Crippen LogP contribution in [0.1, 0.15) is 25.3 Å². The maximum Gasteiger partial charge on any atom is 0.161 e. The van der Waals surface area contributed by atoms with Crippen LogP contribution in [-0.2, 0) is 11.2 Å². The van der Waals surface area contributed by atoms with E-state index in [2.05, 4.69) is 19.1 Å². The fourth-order valence-electron chi connectivity index (χ4n) is 2.14. The molecule has 0 aromatic heterocycles. The van der Waals surface area contributed by atoms with Gasteiger partial charge in [-0.15, -0.1) is 0 Å². The van der Waals surface area contributed by atoms with E-state index in [1.807, 2.05) is 24.3 Å². The second-order valence-corrected chi connectivity index (χ2v) is 4.53. The van der Waals surface area contributed by atoms with Crippen LogP contribution in [0.2, 0.25) is 0 Å². The second-order valence-electron chi connectivity index (χ2n) is 4.53. The number of hydrogen-bond acceptors (Lipinski definition) is 1. The van der Waals surface area contributed by atoms with Gasteiger partial charge in [-0.25, -0.2) is 0 Å². The van der Waals surface area contributed by atoms with Crippen LogP contribution in [-0.4, -0.2) is 5.78 Å². The summed E-state index contributed by atoms with van der Waals surface area (Å²) in [6, 6.07) is 10.3. The summed E-state index contributed by atoms with van der Waals surface area (Å²) in [5.41, 5.74) is 1.07. The fourth-order valence-corrected chi connectivity index (χ4v) is 2.14. The first kappa shape index (κ1) is 10.2. The van der Waals surface area contributed by atoms with Crippen LogP contribution < -0.4 is 0 Å². The summed E-state index contributed by atoms with van der Waals surface area (Å²) in [7, 11) is 0. The van der Waals surface area contributed by atoms with Gasteiger partial charge >= 0.3 is 0 Å². The first-order chi connectivity index (χ1) is 7.21. The first-order valence-corrected chi connectivity index (χ1v) is 5.46. The molecular weight excluding hydrogens is 184 g/mol. The average Bonchev–Trinajstić information content (AvgIpc) is 2.24. The third-order valence-electron chi connectivity index (χ3n) is 3.16. The Morgan fingerprint density at radius 1 is 1.27 bits per heavy atom. The van der Waals surface area contributed by atoms with Crippen LogP contribution >= 0.6 is 0 Å². The summed E-state index contributed by atoms with van der Waals surface area (Å²) in [4.78, 5) is 11.8. The minimum atomic E-state index is -0.184. The van der Waals surface area contributed by atoms with Crippen LogP contribution in [0.4, 0.5) is 0 Å². The molecule has 15 heavy (non-hydrogen) atoms. The maximum absolute atomic E-state index is 11.8. The van der Waals surface area contributed by atoms with Gasteiger partial charge in [-0.1, -0.05) is 43.3 Å². The molecule has 0 saturated carbocycles. The van der Waals surface area contributed by atoms with Crippen molar-refractivity contribution in [2.45, 2.75) is 26.2 Å². The Balaban J connectivity index is 2.18. The Hall–Kier alpha value is -1.37. The molecule has 1 aromatic carbocycles. The Labute approximate surface area is 90.8 Å². The quantitative estimate of drug-likeness (QED) is 0.716. The van der Waals surface area contributed by atoms with Crippen LogP contribution in [0.15, 0.2) is 42.5 Å². The van der Waals surface area contributed by atoms with Crippen LogP contribution in [0.5, 0.6) is 0 Å². The Morgan fingerprint density at radius 3 is 2.67 bits per heavy atom. The summed E-state index contributed by atoms with van der Waals surface area (Å²) in [6.45, 7) is 2.08. The molecular formula is C14H16O. The highest BCUT2D eigenvalue weighted by atomic mass is 16.1. The molecule has 1 atom stereocenters. The highest BCUT2D eigenvalue weighted by molar-refractivity contribution is 5.95. The van der Waals surface area contributed by atoms with Gasteiger partial charge in [0.15, 0.2) is 5.78 Å². The van der Waals surface area contributed by atoms with E-state index >= 15 is 0 Å². The molecule has 0 radical (unpaired) electrons. The van der Waals surface area contributed by atoms with Gasteiger partial charge in [-0.3, -0.25) is 4.79 Å². The van der Waals surface area contributed by atoms with Crippen molar-refractivity contribution in [1.29, 1.82) is 0 Å². The van der Waals surface area contributed by atoms with Crippen molar-refractivity contribution in [3.63, 3.8) is 0 Å². The van der Waals surface area contributed by atoms with E-state index in [-0.39, 0.29) is 11.2 Å². The van der Waals surface area contributed by atoms with E-state index in [0.717, 1.165) is 19.3 Å². The van der Waals surface area contributed by atoms with Crippen molar-refractivity contribution in [2.24, 2.45) is 5.41 Å². The molecule has 1 aromatic rings. The molecule has 1 aliphatic carbocycles. The standard InChI is InChI=1S/C14H16O/c1-14(10-6-5-9-13(14)15)11-12-7-3-2-4-8-12/h2-5,7-9H,6,10-11H2,1H3. The lowest BCUT2D eigenvalue weighted by Gasteiger charge is -2.29. The van der Waals surface area contributed by atoms with Gasteiger partial charge in [0.25, 0.3) is 0 Å². The van der Waals surface area contributed by atoms with E-state index in [1.165, 1.54) is 5.56 Å². The van der Waals surface area contributed by atoms with Gasteiger partial charge in [0.05, 0.1) is 0 Å². The Bertz CT molecular complexity index is 378.